The van der Waals surface area contributed by atoms with Crippen LogP contribution in [-0.4, -0.2) is 37.5 Å². The van der Waals surface area contributed by atoms with Crippen LogP contribution in [0.2, 0.25) is 0 Å². The molecule has 5 nitrogen and oxygen atoms in total. The van der Waals surface area contributed by atoms with E-state index in [-0.39, 0.29) is 11.7 Å². The van der Waals surface area contributed by atoms with Crippen molar-refractivity contribution in [2.75, 3.05) is 18.1 Å². The summed E-state index contributed by atoms with van der Waals surface area (Å²) in [5, 5.41) is 13.6. The fraction of sp³-hybridized carbons (Fsp3) is 0.545. The van der Waals surface area contributed by atoms with Crippen molar-refractivity contribution >= 4 is 27.1 Å². The van der Waals surface area contributed by atoms with Crippen molar-refractivity contribution < 1.29 is 18.3 Å². The lowest BCUT2D eigenvalue weighted by Crippen LogP contribution is -2.22. The molecule has 1 aliphatic heterocycles. The molecule has 1 aliphatic rings. The SMILES string of the molecule is O=C(O)c1csc(CNCC2CCS(=O)(=O)C2)c1. The molecule has 1 fully saturated rings. The summed E-state index contributed by atoms with van der Waals surface area (Å²) in [5.41, 5.74) is 0.306. The quantitative estimate of drug-likeness (QED) is 0.844. The van der Waals surface area contributed by atoms with Gasteiger partial charge in [0, 0.05) is 16.8 Å². The maximum atomic E-state index is 11.3. The summed E-state index contributed by atoms with van der Waals surface area (Å²) in [6.45, 7) is 1.26. The number of thiophene rings is 1. The number of nitrogens with one attached hydrogen (secondary N) is 1. The van der Waals surface area contributed by atoms with Gasteiger partial charge in [0.1, 0.15) is 0 Å². The first-order valence-electron chi connectivity index (χ1n) is 5.68. The highest BCUT2D eigenvalue weighted by molar-refractivity contribution is 7.91. The van der Waals surface area contributed by atoms with Crippen molar-refractivity contribution in [1.29, 1.82) is 0 Å². The smallest absolute Gasteiger partial charge is 0.336 e. The van der Waals surface area contributed by atoms with Gasteiger partial charge in [-0.3, -0.25) is 0 Å². The van der Waals surface area contributed by atoms with Gasteiger partial charge in [-0.15, -0.1) is 11.3 Å². The first kappa shape index (κ1) is 13.5. The average molecular weight is 289 g/mol. The van der Waals surface area contributed by atoms with Gasteiger partial charge in [0.25, 0.3) is 0 Å². The van der Waals surface area contributed by atoms with Gasteiger partial charge in [-0.05, 0) is 24.9 Å². The number of hydrogen-bond acceptors (Lipinski definition) is 5. The highest BCUT2D eigenvalue weighted by Gasteiger charge is 2.27. The van der Waals surface area contributed by atoms with Crippen LogP contribution in [-0.2, 0) is 16.4 Å². The van der Waals surface area contributed by atoms with Crippen molar-refractivity contribution in [3.63, 3.8) is 0 Å². The van der Waals surface area contributed by atoms with E-state index < -0.39 is 15.8 Å². The summed E-state index contributed by atoms with van der Waals surface area (Å²) in [6.07, 6.45) is 0.722. The minimum atomic E-state index is -2.81. The number of hydrogen-bond donors (Lipinski definition) is 2. The molecular weight excluding hydrogens is 274 g/mol. The van der Waals surface area contributed by atoms with E-state index in [1.54, 1.807) is 11.4 Å². The van der Waals surface area contributed by atoms with Crippen LogP contribution in [0.1, 0.15) is 21.7 Å². The van der Waals surface area contributed by atoms with E-state index >= 15 is 0 Å². The van der Waals surface area contributed by atoms with Crippen LogP contribution in [0.3, 0.4) is 0 Å². The summed E-state index contributed by atoms with van der Waals surface area (Å²) in [4.78, 5) is 11.6. The second-order valence-corrected chi connectivity index (χ2v) is 7.73. The second-order valence-electron chi connectivity index (χ2n) is 4.51. The Hall–Kier alpha value is -0.920. The standard InChI is InChI=1S/C11H15NO4S2/c13-11(14)9-3-10(17-6-9)5-12-4-8-1-2-18(15,16)7-8/h3,6,8,12H,1-2,4-5,7H2,(H,13,14). The molecule has 0 bridgehead atoms. The van der Waals surface area contributed by atoms with E-state index in [0.717, 1.165) is 11.3 Å². The first-order chi connectivity index (χ1) is 8.46. The van der Waals surface area contributed by atoms with Gasteiger partial charge in [0.15, 0.2) is 9.84 Å². The molecule has 100 valence electrons. The summed E-state index contributed by atoms with van der Waals surface area (Å²) in [5.74, 6) is -0.167. The Bertz CT molecular complexity index is 535. The predicted octanol–water partition coefficient (Wildman–Crippen LogP) is 0.971. The summed E-state index contributed by atoms with van der Waals surface area (Å²) in [7, 11) is -2.81. The number of sulfone groups is 1. The molecule has 18 heavy (non-hydrogen) atoms. The van der Waals surface area contributed by atoms with Gasteiger partial charge >= 0.3 is 5.97 Å². The predicted molar refractivity (Wildman–Crippen MR) is 69.7 cm³/mol. The number of aromatic carboxylic acids is 1. The van der Waals surface area contributed by atoms with E-state index in [1.807, 2.05) is 0 Å². The molecule has 1 atom stereocenters. The lowest BCUT2D eigenvalue weighted by atomic mass is 10.1. The van der Waals surface area contributed by atoms with E-state index in [4.69, 9.17) is 5.11 Å². The Balaban J connectivity index is 1.77. The van der Waals surface area contributed by atoms with E-state index in [2.05, 4.69) is 5.32 Å². The summed E-state index contributed by atoms with van der Waals surface area (Å²) in [6, 6.07) is 1.64. The van der Waals surface area contributed by atoms with Crippen LogP contribution in [0.15, 0.2) is 11.4 Å². The van der Waals surface area contributed by atoms with Gasteiger partial charge < -0.3 is 10.4 Å². The zero-order valence-electron chi connectivity index (χ0n) is 9.76. The van der Waals surface area contributed by atoms with Gasteiger partial charge in [-0.1, -0.05) is 0 Å². The molecule has 1 aromatic heterocycles. The van der Waals surface area contributed by atoms with Crippen LogP contribution in [0.25, 0.3) is 0 Å². The fourth-order valence-corrected chi connectivity index (χ4v) is 4.71. The fourth-order valence-electron chi connectivity index (χ4n) is 2.02. The Morgan fingerprint density at radius 3 is 2.89 bits per heavy atom. The molecule has 2 N–H and O–H groups in total. The number of carboxylic acid groups (broad SMARTS) is 1. The minimum Gasteiger partial charge on any atom is -0.478 e. The zero-order chi connectivity index (χ0) is 13.2. The lowest BCUT2D eigenvalue weighted by Gasteiger charge is -2.08. The number of rotatable bonds is 5. The normalized spacial score (nSPS) is 22.1. The zero-order valence-corrected chi connectivity index (χ0v) is 11.4. The van der Waals surface area contributed by atoms with Crippen molar-refractivity contribution in [3.05, 3.63) is 21.9 Å². The molecule has 0 amide bonds. The van der Waals surface area contributed by atoms with E-state index in [1.165, 1.54) is 11.3 Å². The third-order valence-corrected chi connectivity index (χ3v) is 5.73. The van der Waals surface area contributed by atoms with Gasteiger partial charge in [0.05, 0.1) is 17.1 Å². The van der Waals surface area contributed by atoms with Gasteiger partial charge in [-0.25, -0.2) is 13.2 Å². The van der Waals surface area contributed by atoms with Crippen molar-refractivity contribution in [1.82, 2.24) is 5.32 Å². The molecule has 0 saturated carbocycles. The Labute approximate surface area is 110 Å². The Morgan fingerprint density at radius 2 is 2.33 bits per heavy atom. The summed E-state index contributed by atoms with van der Waals surface area (Å²) >= 11 is 1.40. The second kappa shape index (κ2) is 5.38. The van der Waals surface area contributed by atoms with Crippen molar-refractivity contribution in [2.24, 2.45) is 5.92 Å². The molecule has 1 saturated heterocycles. The van der Waals surface area contributed by atoms with E-state index in [9.17, 15) is 13.2 Å². The first-order valence-corrected chi connectivity index (χ1v) is 8.38. The maximum Gasteiger partial charge on any atom is 0.336 e. The van der Waals surface area contributed by atoms with Gasteiger partial charge in [-0.2, -0.15) is 0 Å². The Morgan fingerprint density at radius 1 is 1.56 bits per heavy atom. The number of carboxylic acids is 1. The highest BCUT2D eigenvalue weighted by atomic mass is 32.2. The maximum absolute atomic E-state index is 11.3. The van der Waals surface area contributed by atoms with Crippen LogP contribution in [0.5, 0.6) is 0 Å². The molecular formula is C11H15NO4S2. The molecule has 0 radical (unpaired) electrons. The molecule has 7 heteroatoms. The molecule has 1 unspecified atom stereocenters. The molecule has 0 spiro atoms. The third kappa shape index (κ3) is 3.54. The molecule has 0 aromatic carbocycles. The minimum absolute atomic E-state index is 0.189. The largest absolute Gasteiger partial charge is 0.478 e. The topological polar surface area (TPSA) is 83.5 Å². The number of carbonyl (C=O) groups is 1. The lowest BCUT2D eigenvalue weighted by molar-refractivity contribution is 0.0697. The summed E-state index contributed by atoms with van der Waals surface area (Å²) < 4.78 is 22.5. The molecule has 0 aliphatic carbocycles. The van der Waals surface area contributed by atoms with Gasteiger partial charge in [0.2, 0.25) is 0 Å². The van der Waals surface area contributed by atoms with Crippen LogP contribution in [0.4, 0.5) is 0 Å². The van der Waals surface area contributed by atoms with Crippen molar-refractivity contribution in [2.45, 2.75) is 13.0 Å². The third-order valence-electron chi connectivity index (χ3n) is 2.96. The molecule has 2 rings (SSSR count). The van der Waals surface area contributed by atoms with E-state index in [0.29, 0.717) is 24.4 Å². The monoisotopic (exact) mass is 289 g/mol. The molecule has 2 heterocycles. The van der Waals surface area contributed by atoms with Crippen LogP contribution < -0.4 is 5.32 Å². The molecule has 1 aromatic rings. The van der Waals surface area contributed by atoms with Crippen molar-refractivity contribution in [3.8, 4) is 0 Å². The highest BCUT2D eigenvalue weighted by Crippen LogP contribution is 2.18. The Kier molecular flexibility index (Phi) is 4.04. The average Bonchev–Trinajstić information content (AvgIpc) is 2.86. The van der Waals surface area contributed by atoms with Crippen LogP contribution >= 0.6 is 11.3 Å². The van der Waals surface area contributed by atoms with Crippen LogP contribution in [0, 0.1) is 5.92 Å².